The molecule has 2 atom stereocenters. The number of carbonyl (C=O) groups excluding carboxylic acids is 1. The fourth-order valence-corrected chi connectivity index (χ4v) is 3.92. The van der Waals surface area contributed by atoms with Gasteiger partial charge >= 0.3 is 5.97 Å². The van der Waals surface area contributed by atoms with Gasteiger partial charge in [0.15, 0.2) is 0 Å². The number of hydrogen-bond donors (Lipinski definition) is 3. The number of carbonyl (C=O) groups is 2. The van der Waals surface area contributed by atoms with E-state index in [-0.39, 0.29) is 18.9 Å². The van der Waals surface area contributed by atoms with E-state index < -0.39 is 17.5 Å². The average Bonchev–Trinajstić information content (AvgIpc) is 3.09. The van der Waals surface area contributed by atoms with Gasteiger partial charge in [-0.3, -0.25) is 9.59 Å². The normalized spacial score (nSPS) is 22.6. The summed E-state index contributed by atoms with van der Waals surface area (Å²) in [5.74, 6) is -1.22. The van der Waals surface area contributed by atoms with E-state index in [1.165, 1.54) is 0 Å². The molecule has 1 aliphatic heterocycles. The molecule has 144 valence electrons. The molecule has 0 aliphatic carbocycles. The Balaban J connectivity index is 1.74. The van der Waals surface area contributed by atoms with Gasteiger partial charge in [-0.25, -0.2) is 0 Å². The third-order valence-electron chi connectivity index (χ3n) is 5.61. The Labute approximate surface area is 158 Å². The molecule has 0 unspecified atom stereocenters. The van der Waals surface area contributed by atoms with Crippen LogP contribution in [0.1, 0.15) is 40.9 Å². The number of aliphatic hydroxyl groups is 1. The highest BCUT2D eigenvalue weighted by Gasteiger charge is 2.49. The third kappa shape index (κ3) is 3.90. The SMILES string of the molecule is Cc1[nH]ccc1C(=O)N1CC[C@@H](O)[C@](CCCc2ccccc2)(C(=O)O)C1. The maximum atomic E-state index is 12.8. The van der Waals surface area contributed by atoms with Crippen LogP contribution in [0.5, 0.6) is 0 Å². The largest absolute Gasteiger partial charge is 0.481 e. The number of aromatic amines is 1. The molecule has 0 spiro atoms. The second-order valence-corrected chi connectivity index (χ2v) is 7.35. The van der Waals surface area contributed by atoms with Crippen LogP contribution < -0.4 is 0 Å². The first-order valence-corrected chi connectivity index (χ1v) is 9.33. The fraction of sp³-hybridized carbons (Fsp3) is 0.429. The van der Waals surface area contributed by atoms with E-state index in [0.29, 0.717) is 24.9 Å². The van der Waals surface area contributed by atoms with Crippen LogP contribution in [0.4, 0.5) is 0 Å². The van der Waals surface area contributed by atoms with Gasteiger partial charge in [0, 0.05) is 25.0 Å². The molecule has 3 N–H and O–H groups in total. The lowest BCUT2D eigenvalue weighted by molar-refractivity contribution is -0.162. The van der Waals surface area contributed by atoms with Crippen molar-refractivity contribution in [2.45, 2.75) is 38.7 Å². The van der Waals surface area contributed by atoms with E-state index in [1.54, 1.807) is 17.2 Å². The van der Waals surface area contributed by atoms with Crippen LogP contribution in [0.25, 0.3) is 0 Å². The van der Waals surface area contributed by atoms with E-state index in [9.17, 15) is 19.8 Å². The lowest BCUT2D eigenvalue weighted by Gasteiger charge is -2.43. The van der Waals surface area contributed by atoms with Crippen molar-refractivity contribution < 1.29 is 19.8 Å². The average molecular weight is 370 g/mol. The van der Waals surface area contributed by atoms with Gasteiger partial charge in [-0.05, 0) is 44.2 Å². The van der Waals surface area contributed by atoms with Gasteiger partial charge in [0.2, 0.25) is 0 Å². The molecule has 3 rings (SSSR count). The first kappa shape index (κ1) is 19.2. The lowest BCUT2D eigenvalue weighted by Crippen LogP contribution is -2.57. The van der Waals surface area contributed by atoms with Gasteiger partial charge in [0.05, 0.1) is 11.7 Å². The first-order chi connectivity index (χ1) is 12.9. The van der Waals surface area contributed by atoms with Crippen LogP contribution in [0.3, 0.4) is 0 Å². The molecular formula is C21H26N2O4. The number of amides is 1. The molecule has 1 aliphatic rings. The molecule has 6 heteroatoms. The fourth-order valence-electron chi connectivity index (χ4n) is 3.92. The molecule has 1 aromatic carbocycles. The number of hydrogen-bond acceptors (Lipinski definition) is 3. The molecule has 27 heavy (non-hydrogen) atoms. The molecule has 0 saturated carbocycles. The number of piperidine rings is 1. The predicted octanol–water partition coefficient (Wildman–Crippen LogP) is 2.62. The Bertz CT molecular complexity index is 802. The number of likely N-dealkylation sites (tertiary alicyclic amines) is 1. The summed E-state index contributed by atoms with van der Waals surface area (Å²) < 4.78 is 0. The lowest BCUT2D eigenvalue weighted by atomic mass is 9.73. The summed E-state index contributed by atoms with van der Waals surface area (Å²) in [6, 6.07) is 11.6. The number of nitrogens with zero attached hydrogens (tertiary/aromatic N) is 1. The number of aliphatic hydroxyl groups excluding tert-OH is 1. The van der Waals surface area contributed by atoms with Gasteiger partial charge in [0.25, 0.3) is 5.91 Å². The second kappa shape index (κ2) is 7.96. The molecule has 2 aromatic rings. The number of aromatic nitrogens is 1. The molecule has 0 bridgehead atoms. The molecule has 0 radical (unpaired) electrons. The molecule has 1 aromatic heterocycles. The van der Waals surface area contributed by atoms with Crippen molar-refractivity contribution in [2.75, 3.05) is 13.1 Å². The predicted molar refractivity (Wildman–Crippen MR) is 102 cm³/mol. The highest BCUT2D eigenvalue weighted by molar-refractivity contribution is 5.96. The molecule has 1 fully saturated rings. The van der Waals surface area contributed by atoms with E-state index >= 15 is 0 Å². The van der Waals surface area contributed by atoms with Crippen molar-refractivity contribution in [3.63, 3.8) is 0 Å². The molecule has 1 amide bonds. The van der Waals surface area contributed by atoms with E-state index in [0.717, 1.165) is 17.7 Å². The summed E-state index contributed by atoms with van der Waals surface area (Å²) in [5.41, 5.74) is 1.12. The molecule has 1 saturated heterocycles. The molecular weight excluding hydrogens is 344 g/mol. The number of H-pyrrole nitrogens is 1. The summed E-state index contributed by atoms with van der Waals surface area (Å²) in [7, 11) is 0. The van der Waals surface area contributed by atoms with Crippen molar-refractivity contribution in [1.29, 1.82) is 0 Å². The second-order valence-electron chi connectivity index (χ2n) is 7.35. The Morgan fingerprint density at radius 1 is 1.26 bits per heavy atom. The van der Waals surface area contributed by atoms with Crippen LogP contribution in [-0.2, 0) is 11.2 Å². The topological polar surface area (TPSA) is 93.6 Å². The standard InChI is InChI=1S/C21H26N2O4/c1-15-17(9-12-22-15)19(25)23-13-10-18(24)21(14-23,20(26)27)11-5-8-16-6-3-2-4-7-16/h2-4,6-7,9,12,18,22,24H,5,8,10-11,13-14H2,1H3,(H,26,27)/t18-,21-/m1/s1. The van der Waals surface area contributed by atoms with Crippen LogP contribution in [0.2, 0.25) is 0 Å². The number of carboxylic acid groups (broad SMARTS) is 1. The Kier molecular flexibility index (Phi) is 5.65. The van der Waals surface area contributed by atoms with E-state index in [4.69, 9.17) is 0 Å². The van der Waals surface area contributed by atoms with Crippen molar-refractivity contribution >= 4 is 11.9 Å². The summed E-state index contributed by atoms with van der Waals surface area (Å²) in [4.78, 5) is 29.5. The zero-order valence-corrected chi connectivity index (χ0v) is 15.5. The highest BCUT2D eigenvalue weighted by Crippen LogP contribution is 2.36. The Hall–Kier alpha value is -2.60. The third-order valence-corrected chi connectivity index (χ3v) is 5.61. The number of nitrogens with one attached hydrogen (secondary N) is 1. The number of benzene rings is 1. The van der Waals surface area contributed by atoms with E-state index in [2.05, 4.69) is 4.98 Å². The summed E-state index contributed by atoms with van der Waals surface area (Å²) >= 11 is 0. The van der Waals surface area contributed by atoms with Crippen LogP contribution in [0, 0.1) is 12.3 Å². The van der Waals surface area contributed by atoms with Crippen LogP contribution in [0.15, 0.2) is 42.6 Å². The van der Waals surface area contributed by atoms with Gasteiger partial charge in [-0.2, -0.15) is 0 Å². The zero-order chi connectivity index (χ0) is 19.4. The first-order valence-electron chi connectivity index (χ1n) is 9.33. The van der Waals surface area contributed by atoms with Gasteiger partial charge in [-0.1, -0.05) is 30.3 Å². The van der Waals surface area contributed by atoms with Gasteiger partial charge in [0.1, 0.15) is 5.41 Å². The summed E-state index contributed by atoms with van der Waals surface area (Å²) in [5, 5.41) is 20.5. The van der Waals surface area contributed by atoms with Crippen molar-refractivity contribution in [3.8, 4) is 0 Å². The monoisotopic (exact) mass is 370 g/mol. The minimum Gasteiger partial charge on any atom is -0.481 e. The number of aliphatic carboxylic acids is 1. The van der Waals surface area contributed by atoms with Crippen molar-refractivity contribution in [3.05, 3.63) is 59.4 Å². The maximum absolute atomic E-state index is 12.8. The summed E-state index contributed by atoms with van der Waals surface area (Å²) in [6.07, 6.45) is 2.72. The summed E-state index contributed by atoms with van der Waals surface area (Å²) in [6.45, 7) is 2.20. The van der Waals surface area contributed by atoms with Gasteiger partial charge < -0.3 is 20.1 Å². The number of aryl methyl sites for hydroxylation is 2. The van der Waals surface area contributed by atoms with Crippen LogP contribution >= 0.6 is 0 Å². The quantitative estimate of drug-likeness (QED) is 0.729. The Morgan fingerprint density at radius 2 is 2.00 bits per heavy atom. The number of carboxylic acids is 1. The highest BCUT2D eigenvalue weighted by atomic mass is 16.4. The zero-order valence-electron chi connectivity index (χ0n) is 15.5. The van der Waals surface area contributed by atoms with Crippen LogP contribution in [-0.4, -0.2) is 51.2 Å². The molecule has 6 nitrogen and oxygen atoms in total. The van der Waals surface area contributed by atoms with E-state index in [1.807, 2.05) is 37.3 Å². The molecule has 2 heterocycles. The Morgan fingerprint density at radius 3 is 2.63 bits per heavy atom. The van der Waals surface area contributed by atoms with Crippen molar-refractivity contribution in [1.82, 2.24) is 9.88 Å². The maximum Gasteiger partial charge on any atom is 0.314 e. The van der Waals surface area contributed by atoms with Gasteiger partial charge in [-0.15, -0.1) is 0 Å². The minimum absolute atomic E-state index is 0.0295. The van der Waals surface area contributed by atoms with Crippen molar-refractivity contribution in [2.24, 2.45) is 5.41 Å². The minimum atomic E-state index is -1.33. The number of rotatable bonds is 6. The smallest absolute Gasteiger partial charge is 0.314 e.